The molecule has 28 heavy (non-hydrogen) atoms. The number of rotatable bonds is 8. The molecule has 0 bridgehead atoms. The third-order valence-electron chi connectivity index (χ3n) is 3.38. The summed E-state index contributed by atoms with van der Waals surface area (Å²) in [6, 6.07) is 10.2. The molecule has 2 aromatic rings. The first-order valence-corrected chi connectivity index (χ1v) is 8.12. The van der Waals surface area contributed by atoms with E-state index in [9.17, 15) is 25.0 Å². The predicted octanol–water partition coefficient (Wildman–Crippen LogP) is 3.86. The van der Waals surface area contributed by atoms with Gasteiger partial charge in [0.2, 0.25) is 6.20 Å². The van der Waals surface area contributed by atoms with E-state index in [1.807, 2.05) is 0 Å². The molecule has 0 heterocycles. The topological polar surface area (TPSA) is 122 Å². The minimum atomic E-state index is -0.673. The molecule has 2 rings (SSSR count). The molecule has 0 atom stereocenters. The van der Waals surface area contributed by atoms with Gasteiger partial charge >= 0.3 is 5.97 Å². The monoisotopic (exact) mass is 384 g/mol. The van der Waals surface area contributed by atoms with Gasteiger partial charge in [-0.2, -0.15) is 0 Å². The Morgan fingerprint density at radius 1 is 1.00 bits per heavy atom. The van der Waals surface area contributed by atoms with Crippen LogP contribution in [0.15, 0.2) is 54.7 Å². The van der Waals surface area contributed by atoms with E-state index in [-0.39, 0.29) is 17.2 Å². The molecule has 0 radical (unpaired) electrons. The third kappa shape index (κ3) is 6.06. The Morgan fingerprint density at radius 3 is 2.29 bits per heavy atom. The molecule has 0 fully saturated rings. The summed E-state index contributed by atoms with van der Waals surface area (Å²) in [5.74, 6) is -0.239. The fourth-order valence-corrected chi connectivity index (χ4v) is 2.14. The van der Waals surface area contributed by atoms with Gasteiger partial charge in [0.15, 0.2) is 11.5 Å². The van der Waals surface area contributed by atoms with Gasteiger partial charge in [-0.1, -0.05) is 6.07 Å². The highest BCUT2D eigenvalue weighted by atomic mass is 16.6. The maximum Gasteiger partial charge on any atom is 0.336 e. The Labute approximate surface area is 159 Å². The van der Waals surface area contributed by atoms with Crippen LogP contribution in [0.2, 0.25) is 0 Å². The third-order valence-corrected chi connectivity index (χ3v) is 3.38. The summed E-state index contributed by atoms with van der Waals surface area (Å²) in [6.07, 6.45) is 4.73. The Balaban J connectivity index is 2.11. The van der Waals surface area contributed by atoms with Crippen molar-refractivity contribution in [1.82, 2.24) is 0 Å². The Hall–Kier alpha value is -4.01. The van der Waals surface area contributed by atoms with Crippen LogP contribution < -0.4 is 9.47 Å². The maximum absolute atomic E-state index is 12.0. The largest absolute Gasteiger partial charge is 0.490 e. The van der Waals surface area contributed by atoms with E-state index in [1.165, 1.54) is 54.6 Å². The SMILES string of the molecule is CCOc1cc(/C=C\[N+](=O)[O-])ccc1OC(=O)/C=C/c1ccc([N+](=O)[O-])cc1. The first kappa shape index (κ1) is 20.3. The highest BCUT2D eigenvalue weighted by molar-refractivity contribution is 5.89. The Morgan fingerprint density at radius 2 is 1.68 bits per heavy atom. The lowest BCUT2D eigenvalue weighted by molar-refractivity contribution is -0.400. The average Bonchev–Trinajstić information content (AvgIpc) is 2.67. The lowest BCUT2D eigenvalue weighted by Crippen LogP contribution is -2.06. The van der Waals surface area contributed by atoms with Crippen molar-refractivity contribution in [2.75, 3.05) is 6.61 Å². The zero-order chi connectivity index (χ0) is 20.5. The number of benzene rings is 2. The second kappa shape index (κ2) is 9.62. The molecule has 9 heteroatoms. The molecule has 0 N–H and O–H groups in total. The molecule has 0 saturated carbocycles. The molecule has 0 aromatic heterocycles. The minimum Gasteiger partial charge on any atom is -0.490 e. The van der Waals surface area contributed by atoms with Gasteiger partial charge in [-0.05, 0) is 48.4 Å². The van der Waals surface area contributed by atoms with Gasteiger partial charge in [-0.3, -0.25) is 20.2 Å². The van der Waals surface area contributed by atoms with Crippen molar-refractivity contribution in [3.8, 4) is 11.5 Å². The van der Waals surface area contributed by atoms with Crippen LogP contribution in [0.1, 0.15) is 18.1 Å². The number of nitrogens with zero attached hydrogens (tertiary/aromatic N) is 2. The zero-order valence-corrected chi connectivity index (χ0v) is 14.8. The van der Waals surface area contributed by atoms with E-state index in [0.717, 1.165) is 6.20 Å². The first-order chi connectivity index (χ1) is 13.4. The second-order valence-corrected chi connectivity index (χ2v) is 5.34. The summed E-state index contributed by atoms with van der Waals surface area (Å²) in [4.78, 5) is 32.0. The van der Waals surface area contributed by atoms with Crippen molar-refractivity contribution in [3.05, 3.63) is 86.1 Å². The van der Waals surface area contributed by atoms with Crippen LogP contribution in [-0.2, 0) is 4.79 Å². The van der Waals surface area contributed by atoms with Gasteiger partial charge in [0, 0.05) is 24.3 Å². The fourth-order valence-electron chi connectivity index (χ4n) is 2.14. The lowest BCUT2D eigenvalue weighted by atomic mass is 10.2. The zero-order valence-electron chi connectivity index (χ0n) is 14.8. The molecule has 0 saturated heterocycles. The molecular weight excluding hydrogens is 368 g/mol. The van der Waals surface area contributed by atoms with Crippen molar-refractivity contribution in [1.29, 1.82) is 0 Å². The number of carbonyl (C=O) groups excluding carboxylic acids is 1. The van der Waals surface area contributed by atoms with Crippen LogP contribution in [-0.4, -0.2) is 22.4 Å². The van der Waals surface area contributed by atoms with E-state index in [1.54, 1.807) is 13.0 Å². The van der Waals surface area contributed by atoms with Crippen LogP contribution in [0.25, 0.3) is 12.2 Å². The average molecular weight is 384 g/mol. The van der Waals surface area contributed by atoms with Crippen molar-refractivity contribution in [2.45, 2.75) is 6.92 Å². The smallest absolute Gasteiger partial charge is 0.336 e. The van der Waals surface area contributed by atoms with Crippen LogP contribution in [0, 0.1) is 20.2 Å². The van der Waals surface area contributed by atoms with Gasteiger partial charge < -0.3 is 9.47 Å². The molecule has 144 valence electrons. The summed E-state index contributed by atoms with van der Waals surface area (Å²) < 4.78 is 10.7. The van der Waals surface area contributed by atoms with Crippen molar-refractivity contribution < 1.29 is 24.1 Å². The minimum absolute atomic E-state index is 0.0488. The second-order valence-electron chi connectivity index (χ2n) is 5.34. The number of hydrogen-bond donors (Lipinski definition) is 0. The Kier molecular flexibility index (Phi) is 6.98. The first-order valence-electron chi connectivity index (χ1n) is 8.12. The standard InChI is InChI=1S/C19H16N2O7/c1-2-27-18-13-15(11-12-20(23)24)5-9-17(18)28-19(22)10-6-14-3-7-16(8-4-14)21(25)26/h3-13H,2H2,1H3/b10-6+,12-11-. The van der Waals surface area contributed by atoms with Crippen LogP contribution in [0.3, 0.4) is 0 Å². The maximum atomic E-state index is 12.0. The van der Waals surface area contributed by atoms with E-state index in [4.69, 9.17) is 9.47 Å². The van der Waals surface area contributed by atoms with Gasteiger partial charge in [0.05, 0.1) is 16.5 Å². The van der Waals surface area contributed by atoms with Gasteiger partial charge in [-0.25, -0.2) is 4.79 Å². The van der Waals surface area contributed by atoms with Gasteiger partial charge in [-0.15, -0.1) is 0 Å². The summed E-state index contributed by atoms with van der Waals surface area (Å²) >= 11 is 0. The van der Waals surface area contributed by atoms with E-state index < -0.39 is 15.8 Å². The quantitative estimate of drug-likeness (QED) is 0.223. The van der Waals surface area contributed by atoms with Gasteiger partial charge in [0.25, 0.3) is 5.69 Å². The number of non-ortho nitro benzene ring substituents is 1. The highest BCUT2D eigenvalue weighted by Crippen LogP contribution is 2.29. The van der Waals surface area contributed by atoms with Crippen molar-refractivity contribution in [2.24, 2.45) is 0 Å². The number of carbonyl (C=O) groups is 1. The number of nitro benzene ring substituents is 1. The number of ether oxygens (including phenoxy) is 2. The molecular formula is C19H16N2O7. The summed E-state index contributed by atoms with van der Waals surface area (Å²) in [7, 11) is 0. The molecule has 0 unspecified atom stereocenters. The molecule has 0 aliphatic carbocycles. The van der Waals surface area contributed by atoms with E-state index in [0.29, 0.717) is 17.7 Å². The Bertz CT molecular complexity index is 934. The van der Waals surface area contributed by atoms with Gasteiger partial charge in [0.1, 0.15) is 0 Å². The molecule has 9 nitrogen and oxygen atoms in total. The lowest BCUT2D eigenvalue weighted by Gasteiger charge is -2.10. The number of nitro groups is 2. The van der Waals surface area contributed by atoms with Crippen molar-refractivity contribution in [3.63, 3.8) is 0 Å². The molecule has 0 amide bonds. The molecule has 0 spiro atoms. The van der Waals surface area contributed by atoms with Crippen molar-refractivity contribution >= 4 is 23.8 Å². The summed E-state index contributed by atoms with van der Waals surface area (Å²) in [5, 5.41) is 21.0. The fraction of sp³-hybridized carbons (Fsp3) is 0.105. The summed E-state index contributed by atoms with van der Waals surface area (Å²) in [5.41, 5.74) is 1.06. The molecule has 0 aliphatic rings. The number of hydrogen-bond acceptors (Lipinski definition) is 7. The van der Waals surface area contributed by atoms with Crippen LogP contribution in [0.4, 0.5) is 5.69 Å². The predicted molar refractivity (Wildman–Crippen MR) is 101 cm³/mol. The molecule has 0 aliphatic heterocycles. The van der Waals surface area contributed by atoms with E-state index >= 15 is 0 Å². The number of esters is 1. The highest BCUT2D eigenvalue weighted by Gasteiger charge is 2.10. The molecule has 2 aromatic carbocycles. The van der Waals surface area contributed by atoms with E-state index in [2.05, 4.69) is 0 Å². The normalized spacial score (nSPS) is 10.9. The summed E-state index contributed by atoms with van der Waals surface area (Å²) in [6.45, 7) is 2.06. The van der Waals surface area contributed by atoms with Crippen LogP contribution in [0.5, 0.6) is 11.5 Å². The van der Waals surface area contributed by atoms with Crippen LogP contribution >= 0.6 is 0 Å².